The zero-order valence-electron chi connectivity index (χ0n) is 26.2. The van der Waals surface area contributed by atoms with Crippen molar-refractivity contribution in [3.05, 3.63) is 0 Å². The summed E-state index contributed by atoms with van der Waals surface area (Å²) in [6.07, 6.45) is 24.4. The van der Waals surface area contributed by atoms with Crippen molar-refractivity contribution < 1.29 is 19.1 Å². The summed E-state index contributed by atoms with van der Waals surface area (Å²) in [6, 6.07) is 0. The lowest BCUT2D eigenvalue weighted by Crippen LogP contribution is -2.26. The van der Waals surface area contributed by atoms with Crippen LogP contribution in [0.5, 0.6) is 0 Å². The number of carbonyl (C=O) groups excluding carboxylic acids is 2. The summed E-state index contributed by atoms with van der Waals surface area (Å²) in [5.41, 5.74) is 0. The molecule has 2 unspecified atom stereocenters. The Hall–Kier alpha value is -1.10. The first-order valence-electron chi connectivity index (χ1n) is 16.4. The summed E-state index contributed by atoms with van der Waals surface area (Å²) < 4.78 is 11.5. The molecule has 0 saturated heterocycles. The van der Waals surface area contributed by atoms with Gasteiger partial charge in [-0.1, -0.05) is 117 Å². The highest BCUT2D eigenvalue weighted by molar-refractivity contribution is 5.70. The minimum Gasteiger partial charge on any atom is -0.462 e. The topological polar surface area (TPSA) is 55.8 Å². The van der Waals surface area contributed by atoms with Gasteiger partial charge in [0, 0.05) is 12.8 Å². The standard InChI is InChI=1S/C33H65NO4/c1-6-9-12-14-16-17-18-20-24-30(23-11-8-3)28-33(36)37-29-31(25-21-19-15-13-10-7-2)38-32(35)26-22-27-34(4)5/h30-31H,6-29H2,1-5H3. The number of hydrogen-bond donors (Lipinski definition) is 0. The van der Waals surface area contributed by atoms with E-state index in [0.29, 0.717) is 18.8 Å². The monoisotopic (exact) mass is 539 g/mol. The minimum absolute atomic E-state index is 0.123. The highest BCUT2D eigenvalue weighted by Crippen LogP contribution is 2.22. The fraction of sp³-hybridized carbons (Fsp3) is 0.939. The molecule has 5 heteroatoms. The van der Waals surface area contributed by atoms with Gasteiger partial charge in [-0.05, 0) is 58.7 Å². The molecule has 0 aromatic heterocycles. The second-order valence-corrected chi connectivity index (χ2v) is 11.7. The van der Waals surface area contributed by atoms with Crippen molar-refractivity contribution >= 4 is 11.9 Å². The van der Waals surface area contributed by atoms with Crippen molar-refractivity contribution in [2.45, 2.75) is 168 Å². The van der Waals surface area contributed by atoms with Crippen LogP contribution in [-0.4, -0.2) is 50.2 Å². The molecule has 0 rings (SSSR count). The van der Waals surface area contributed by atoms with Gasteiger partial charge in [0.25, 0.3) is 0 Å². The molecule has 0 saturated carbocycles. The van der Waals surface area contributed by atoms with Crippen LogP contribution in [-0.2, 0) is 19.1 Å². The molecule has 0 aliphatic rings. The van der Waals surface area contributed by atoms with Gasteiger partial charge in [0.2, 0.25) is 0 Å². The lowest BCUT2D eigenvalue weighted by molar-refractivity contribution is -0.160. The normalized spacial score (nSPS) is 13.0. The molecular formula is C33H65NO4. The van der Waals surface area contributed by atoms with Gasteiger partial charge in [0.15, 0.2) is 0 Å². The van der Waals surface area contributed by atoms with Crippen molar-refractivity contribution in [1.82, 2.24) is 4.90 Å². The van der Waals surface area contributed by atoms with Crippen LogP contribution in [0.2, 0.25) is 0 Å². The quantitative estimate of drug-likeness (QED) is 0.0732. The summed E-state index contributed by atoms with van der Waals surface area (Å²) in [6.45, 7) is 7.76. The Kier molecular flexibility index (Phi) is 26.7. The van der Waals surface area contributed by atoms with Crippen LogP contribution >= 0.6 is 0 Å². The maximum atomic E-state index is 12.8. The van der Waals surface area contributed by atoms with Crippen LogP contribution in [0, 0.1) is 5.92 Å². The van der Waals surface area contributed by atoms with Crippen LogP contribution in [0.4, 0.5) is 0 Å². The Morgan fingerprint density at radius 1 is 0.605 bits per heavy atom. The molecule has 0 heterocycles. The third-order valence-corrected chi connectivity index (χ3v) is 7.48. The first kappa shape index (κ1) is 36.9. The van der Waals surface area contributed by atoms with E-state index in [-0.39, 0.29) is 24.6 Å². The third kappa shape index (κ3) is 25.2. The Balaban J connectivity index is 4.55. The average molecular weight is 540 g/mol. The molecule has 0 aliphatic heterocycles. The van der Waals surface area contributed by atoms with Gasteiger partial charge in [-0.15, -0.1) is 0 Å². The smallest absolute Gasteiger partial charge is 0.306 e. The summed E-state index contributed by atoms with van der Waals surface area (Å²) in [4.78, 5) is 27.3. The largest absolute Gasteiger partial charge is 0.462 e. The summed E-state index contributed by atoms with van der Waals surface area (Å²) in [7, 11) is 4.02. The molecule has 2 atom stereocenters. The maximum Gasteiger partial charge on any atom is 0.306 e. The molecule has 38 heavy (non-hydrogen) atoms. The van der Waals surface area contributed by atoms with Crippen LogP contribution in [0.3, 0.4) is 0 Å². The van der Waals surface area contributed by atoms with Gasteiger partial charge in [-0.3, -0.25) is 9.59 Å². The van der Waals surface area contributed by atoms with Gasteiger partial charge >= 0.3 is 11.9 Å². The Morgan fingerprint density at radius 2 is 1.11 bits per heavy atom. The average Bonchev–Trinajstić information content (AvgIpc) is 2.88. The van der Waals surface area contributed by atoms with Crippen LogP contribution in [0.15, 0.2) is 0 Å². The molecule has 0 spiro atoms. The van der Waals surface area contributed by atoms with Crippen molar-refractivity contribution in [2.75, 3.05) is 27.2 Å². The molecule has 0 fully saturated rings. The molecule has 0 radical (unpaired) electrons. The van der Waals surface area contributed by atoms with Crippen LogP contribution in [0.1, 0.15) is 162 Å². The summed E-state index contributed by atoms with van der Waals surface area (Å²) in [5, 5.41) is 0. The molecule has 0 bridgehead atoms. The second-order valence-electron chi connectivity index (χ2n) is 11.7. The van der Waals surface area contributed by atoms with Gasteiger partial charge in [-0.25, -0.2) is 0 Å². The lowest BCUT2D eigenvalue weighted by Gasteiger charge is -2.20. The predicted molar refractivity (Wildman–Crippen MR) is 161 cm³/mol. The number of hydrogen-bond acceptors (Lipinski definition) is 5. The Morgan fingerprint density at radius 3 is 1.66 bits per heavy atom. The fourth-order valence-corrected chi connectivity index (χ4v) is 5.00. The van der Waals surface area contributed by atoms with E-state index in [1.165, 1.54) is 83.5 Å². The fourth-order valence-electron chi connectivity index (χ4n) is 5.00. The lowest BCUT2D eigenvalue weighted by atomic mass is 9.92. The SMILES string of the molecule is CCCCCCCCCCC(CCCC)CC(=O)OCC(CCCCCCCC)OC(=O)CCCN(C)C. The molecule has 0 aromatic carbocycles. The molecule has 226 valence electrons. The van der Waals surface area contributed by atoms with E-state index < -0.39 is 0 Å². The van der Waals surface area contributed by atoms with E-state index in [0.717, 1.165) is 51.5 Å². The van der Waals surface area contributed by atoms with E-state index in [2.05, 4.69) is 25.7 Å². The molecule has 0 amide bonds. The van der Waals surface area contributed by atoms with Gasteiger partial charge in [0.1, 0.15) is 12.7 Å². The Bertz CT molecular complexity index is 537. The molecule has 0 N–H and O–H groups in total. The number of carbonyl (C=O) groups is 2. The molecular weight excluding hydrogens is 474 g/mol. The first-order valence-corrected chi connectivity index (χ1v) is 16.4. The second kappa shape index (κ2) is 27.5. The van der Waals surface area contributed by atoms with Gasteiger partial charge < -0.3 is 14.4 Å². The van der Waals surface area contributed by atoms with E-state index in [1.54, 1.807) is 0 Å². The highest BCUT2D eigenvalue weighted by Gasteiger charge is 2.19. The number of unbranched alkanes of at least 4 members (excludes halogenated alkanes) is 13. The summed E-state index contributed by atoms with van der Waals surface area (Å²) >= 11 is 0. The zero-order valence-corrected chi connectivity index (χ0v) is 26.2. The van der Waals surface area contributed by atoms with Gasteiger partial charge in [-0.2, -0.15) is 0 Å². The summed E-state index contributed by atoms with van der Waals surface area (Å²) in [5.74, 6) is 0.116. The minimum atomic E-state index is -0.321. The number of rotatable bonds is 28. The van der Waals surface area contributed by atoms with Crippen molar-refractivity contribution in [3.63, 3.8) is 0 Å². The zero-order chi connectivity index (χ0) is 28.3. The molecule has 0 aromatic rings. The van der Waals surface area contributed by atoms with Crippen LogP contribution in [0.25, 0.3) is 0 Å². The molecule has 0 aliphatic carbocycles. The van der Waals surface area contributed by atoms with E-state index >= 15 is 0 Å². The van der Waals surface area contributed by atoms with Gasteiger partial charge in [0.05, 0.1) is 0 Å². The Labute approximate surface area is 237 Å². The van der Waals surface area contributed by atoms with Crippen LogP contribution < -0.4 is 0 Å². The number of ether oxygens (including phenoxy) is 2. The van der Waals surface area contributed by atoms with E-state index in [4.69, 9.17) is 9.47 Å². The van der Waals surface area contributed by atoms with Crippen molar-refractivity contribution in [3.8, 4) is 0 Å². The van der Waals surface area contributed by atoms with Crippen molar-refractivity contribution in [1.29, 1.82) is 0 Å². The van der Waals surface area contributed by atoms with E-state index in [9.17, 15) is 9.59 Å². The maximum absolute atomic E-state index is 12.8. The van der Waals surface area contributed by atoms with Crippen molar-refractivity contribution in [2.24, 2.45) is 5.92 Å². The molecule has 5 nitrogen and oxygen atoms in total. The highest BCUT2D eigenvalue weighted by atomic mass is 16.6. The number of esters is 2. The van der Waals surface area contributed by atoms with E-state index in [1.807, 2.05) is 14.1 Å². The third-order valence-electron chi connectivity index (χ3n) is 7.48. The predicted octanol–water partition coefficient (Wildman–Crippen LogP) is 9.26. The number of nitrogens with zero attached hydrogens (tertiary/aromatic N) is 1. The first-order chi connectivity index (χ1) is 18.4.